The Morgan fingerprint density at radius 3 is 0.767 bits per heavy atom. The highest BCUT2D eigenvalue weighted by Gasteiger charge is 2.41. The van der Waals surface area contributed by atoms with Crippen molar-refractivity contribution in [3.8, 4) is 23.0 Å². The first kappa shape index (κ1) is 56.1. The van der Waals surface area contributed by atoms with Crippen LogP contribution in [0, 0.1) is 0 Å². The lowest BCUT2D eigenvalue weighted by molar-refractivity contribution is 0.414. The lowest BCUT2D eigenvalue weighted by Crippen LogP contribution is -2.38. The predicted molar refractivity (Wildman–Crippen MR) is 273 cm³/mol. The van der Waals surface area contributed by atoms with E-state index in [9.17, 15) is 50.5 Å². The second kappa shape index (κ2) is 22.9. The van der Waals surface area contributed by atoms with Crippen molar-refractivity contribution >= 4 is 71.5 Å². The summed E-state index contributed by atoms with van der Waals surface area (Å²) in [5.41, 5.74) is -1.07. The zero-order valence-corrected chi connectivity index (χ0v) is 45.0. The lowest BCUT2D eigenvalue weighted by Gasteiger charge is -2.26. The maximum atomic E-state index is 14.7. The predicted octanol–water partition coefficient (Wildman–Crippen LogP) is 7.63. The summed E-state index contributed by atoms with van der Waals surface area (Å²) in [5.74, 6) is 1.08. The molecular weight excluding hydrogens is 1070 g/mol. The lowest BCUT2D eigenvalue weighted by atomic mass is 10.1. The van der Waals surface area contributed by atoms with Gasteiger partial charge in [0.25, 0.3) is 60.1 Å². The Bertz CT molecular complexity index is 3160. The van der Waals surface area contributed by atoms with Gasteiger partial charge in [-0.15, -0.1) is 0 Å². The molecule has 0 aliphatic heterocycles. The number of hydrogen-bond donors (Lipinski definition) is 0. The molecular formula is C48H53N3O16S6. The van der Waals surface area contributed by atoms with Crippen molar-refractivity contribution in [2.45, 2.75) is 74.8 Å². The van der Waals surface area contributed by atoms with E-state index in [-0.39, 0.29) is 40.6 Å². The summed E-state index contributed by atoms with van der Waals surface area (Å²) in [7, 11) is -24.8. The average molecular weight is 1120 g/mol. The van der Waals surface area contributed by atoms with E-state index in [2.05, 4.69) is 0 Å². The molecule has 0 amide bonds. The number of benzene rings is 6. The first-order valence-electron chi connectivity index (χ1n) is 22.2. The highest BCUT2D eigenvalue weighted by molar-refractivity contribution is 8.11. The quantitative estimate of drug-likeness (QED) is 0.0500. The Hall–Kier alpha value is -6.22. The van der Waals surface area contributed by atoms with Gasteiger partial charge in [0.1, 0.15) is 23.0 Å². The Balaban J connectivity index is 1.43. The minimum absolute atomic E-state index is 0.0559. The van der Waals surface area contributed by atoms with Crippen LogP contribution in [0.25, 0.3) is 0 Å². The van der Waals surface area contributed by atoms with Crippen molar-refractivity contribution in [3.63, 3.8) is 0 Å². The maximum Gasteiger partial charge on any atom is 0.277 e. The normalized spacial score (nSPS) is 12.5. The van der Waals surface area contributed by atoms with E-state index in [4.69, 9.17) is 18.9 Å². The van der Waals surface area contributed by atoms with Crippen LogP contribution in [0.15, 0.2) is 175 Å². The van der Waals surface area contributed by atoms with Crippen LogP contribution in [0.4, 0.5) is 11.4 Å². The monoisotopic (exact) mass is 1120 g/mol. The van der Waals surface area contributed by atoms with E-state index in [0.717, 1.165) is 116 Å². The summed E-state index contributed by atoms with van der Waals surface area (Å²) in [4.78, 5) is -3.22. The number of unbranched alkanes of at least 4 members (excludes halogenated alkanes) is 5. The zero-order chi connectivity index (χ0) is 53.4. The molecule has 392 valence electrons. The number of rotatable bonds is 25. The first-order chi connectivity index (χ1) is 34.5. The number of nitrogens with zero attached hydrogens (tertiary/aromatic N) is 3. The summed E-state index contributed by atoms with van der Waals surface area (Å²) in [6.07, 6.45) is 3.71. The number of anilines is 2. The molecule has 19 nitrogen and oxygen atoms in total. The third-order valence-electron chi connectivity index (χ3n) is 11.2. The summed E-state index contributed by atoms with van der Waals surface area (Å²) < 4.78 is 194. The molecule has 25 heteroatoms. The van der Waals surface area contributed by atoms with Gasteiger partial charge in [-0.25, -0.2) is 50.5 Å². The van der Waals surface area contributed by atoms with E-state index < -0.39 is 107 Å². The van der Waals surface area contributed by atoms with Crippen molar-refractivity contribution < 1.29 is 69.5 Å². The van der Waals surface area contributed by atoms with Gasteiger partial charge in [-0.05, 0) is 152 Å². The van der Waals surface area contributed by atoms with E-state index in [0.29, 0.717) is 12.8 Å². The molecule has 0 aromatic heterocycles. The van der Waals surface area contributed by atoms with E-state index in [1.165, 1.54) is 77.0 Å². The molecule has 0 aliphatic rings. The molecule has 0 atom stereocenters. The number of methoxy groups -OCH3 is 4. The van der Waals surface area contributed by atoms with Gasteiger partial charge in [0, 0.05) is 6.54 Å². The molecule has 0 saturated carbocycles. The Kier molecular flexibility index (Phi) is 17.6. The minimum atomic E-state index is -5.12. The summed E-state index contributed by atoms with van der Waals surface area (Å²) in [5, 5.41) is 0. The zero-order valence-electron chi connectivity index (χ0n) is 40.1. The number of ether oxygens (including phenoxy) is 4. The van der Waals surface area contributed by atoms with Crippen LogP contribution in [0.2, 0.25) is 0 Å². The summed E-state index contributed by atoms with van der Waals surface area (Å²) >= 11 is 0. The minimum Gasteiger partial charge on any atom is -0.497 e. The van der Waals surface area contributed by atoms with Gasteiger partial charge in [0.05, 0.1) is 69.2 Å². The average Bonchev–Trinajstić information content (AvgIpc) is 3.38. The van der Waals surface area contributed by atoms with Gasteiger partial charge in [-0.3, -0.25) is 0 Å². The number of hydrogen-bond acceptors (Lipinski definition) is 16. The second-order valence-electron chi connectivity index (χ2n) is 15.9. The molecule has 6 aromatic carbocycles. The third-order valence-corrected chi connectivity index (χ3v) is 24.0. The van der Waals surface area contributed by atoms with Crippen LogP contribution in [0.1, 0.15) is 45.4 Å². The fourth-order valence-electron chi connectivity index (χ4n) is 7.29. The molecule has 0 spiro atoms. The van der Waals surface area contributed by atoms with Gasteiger partial charge in [0.2, 0.25) is 0 Å². The molecule has 0 fully saturated rings. The van der Waals surface area contributed by atoms with Crippen molar-refractivity contribution in [2.24, 2.45) is 0 Å². The molecule has 0 unspecified atom stereocenters. The summed E-state index contributed by atoms with van der Waals surface area (Å²) in [6, 6.07) is 26.5. The topological polar surface area (TPSA) is 251 Å². The molecule has 0 radical (unpaired) electrons. The molecule has 0 aliphatic carbocycles. The molecule has 0 heterocycles. The van der Waals surface area contributed by atoms with Gasteiger partial charge in [-0.2, -0.15) is 7.42 Å². The molecule has 6 aromatic rings. The Morgan fingerprint density at radius 2 is 0.521 bits per heavy atom. The van der Waals surface area contributed by atoms with E-state index in [1.54, 1.807) is 0 Å². The van der Waals surface area contributed by atoms with Crippen LogP contribution in [-0.4, -0.2) is 89.2 Å². The van der Waals surface area contributed by atoms with Gasteiger partial charge >= 0.3 is 0 Å². The van der Waals surface area contributed by atoms with Gasteiger partial charge in [0.15, 0.2) is 0 Å². The van der Waals surface area contributed by atoms with Crippen molar-refractivity contribution in [1.82, 2.24) is 3.71 Å². The van der Waals surface area contributed by atoms with Crippen LogP contribution < -0.4 is 26.4 Å². The highest BCUT2D eigenvalue weighted by atomic mass is 32.3. The highest BCUT2D eigenvalue weighted by Crippen LogP contribution is 2.37. The van der Waals surface area contributed by atoms with Crippen molar-refractivity contribution in [3.05, 3.63) is 146 Å². The third kappa shape index (κ3) is 11.9. The fraction of sp³-hybridized carbons (Fsp3) is 0.250. The molecule has 0 bridgehead atoms. The second-order valence-corrected chi connectivity index (χ2v) is 27.4. The van der Waals surface area contributed by atoms with Gasteiger partial charge < -0.3 is 18.9 Å². The largest absolute Gasteiger partial charge is 0.497 e. The van der Waals surface area contributed by atoms with Crippen molar-refractivity contribution in [2.75, 3.05) is 42.4 Å². The standard InChI is InChI=1S/C48H53N3O16S6/c1-6-7-8-9-10-11-36-49(68(52,53)43-24-12-37(13-25-43)50(70(56,57)45-28-16-39(64-2)17-29-45)71(58,59)46-30-18-40(65-3)19-31-46)69(54,55)44-26-14-38(15-27-44)51(72(60,61)47-32-20-41(66-4)21-33-47)73(62,63)48-34-22-42(67-5)23-35-48/h12-35H,6-11,36H2,1-5H3. The fourth-order valence-corrected chi connectivity index (χ4v) is 18.4. The molecule has 0 N–H and O–H groups in total. The van der Waals surface area contributed by atoms with Crippen molar-refractivity contribution in [1.29, 1.82) is 0 Å². The van der Waals surface area contributed by atoms with Crippen LogP contribution in [-0.2, 0) is 60.1 Å². The van der Waals surface area contributed by atoms with Crippen LogP contribution >= 0.6 is 0 Å². The molecule has 6 rings (SSSR count). The van der Waals surface area contributed by atoms with E-state index in [1.807, 2.05) is 6.92 Å². The van der Waals surface area contributed by atoms with Gasteiger partial charge in [-0.1, -0.05) is 42.7 Å². The Labute approximate surface area is 427 Å². The van der Waals surface area contributed by atoms with E-state index >= 15 is 0 Å². The smallest absolute Gasteiger partial charge is 0.277 e. The number of sulfonamides is 6. The molecule has 0 saturated heterocycles. The Morgan fingerprint density at radius 1 is 0.301 bits per heavy atom. The first-order valence-corrected chi connectivity index (χ1v) is 30.8. The SMILES string of the molecule is CCCCCCCCN(S(=O)(=O)c1ccc(N(S(=O)(=O)c2ccc(OC)cc2)S(=O)(=O)c2ccc(OC)cc2)cc1)S(=O)(=O)c1ccc(N(S(=O)(=O)c2ccc(OC)cc2)S(=O)(=O)c2ccc(OC)cc2)cc1. The summed E-state index contributed by atoms with van der Waals surface area (Å²) in [6.45, 7) is 1.41. The molecule has 73 heavy (non-hydrogen) atoms. The van der Waals surface area contributed by atoms with Crippen LogP contribution in [0.5, 0.6) is 23.0 Å². The maximum absolute atomic E-state index is 14.7. The van der Waals surface area contributed by atoms with Crippen LogP contribution in [0.3, 0.4) is 0 Å².